The van der Waals surface area contributed by atoms with Crippen molar-refractivity contribution in [1.82, 2.24) is 10.2 Å². The van der Waals surface area contributed by atoms with Gasteiger partial charge in [-0.25, -0.2) is 0 Å². The van der Waals surface area contributed by atoms with Gasteiger partial charge in [-0.15, -0.1) is 11.8 Å². The van der Waals surface area contributed by atoms with E-state index in [1.807, 2.05) is 30.3 Å². The van der Waals surface area contributed by atoms with Crippen molar-refractivity contribution in [3.05, 3.63) is 52.5 Å². The normalized spacial score (nSPS) is 18.1. The zero-order valence-corrected chi connectivity index (χ0v) is 19.5. The van der Waals surface area contributed by atoms with E-state index in [0.717, 1.165) is 10.6 Å². The second kappa shape index (κ2) is 10.0. The van der Waals surface area contributed by atoms with Crippen LogP contribution in [0.3, 0.4) is 0 Å². The summed E-state index contributed by atoms with van der Waals surface area (Å²) in [6.07, 6.45) is -0.00378. The number of piperazine rings is 1. The molecule has 0 bridgehead atoms. The molecule has 2 aliphatic heterocycles. The lowest BCUT2D eigenvalue weighted by Crippen LogP contribution is -2.51. The molecule has 10 heteroatoms. The van der Waals surface area contributed by atoms with Gasteiger partial charge in [0.05, 0.1) is 17.5 Å². The van der Waals surface area contributed by atoms with Gasteiger partial charge in [-0.2, -0.15) is 0 Å². The topological polar surface area (TPSA) is 81.8 Å². The molecule has 1 unspecified atom stereocenters. The average Bonchev–Trinajstić information content (AvgIpc) is 2.79. The van der Waals surface area contributed by atoms with Crippen LogP contribution >= 0.6 is 35.0 Å². The van der Waals surface area contributed by atoms with Crippen molar-refractivity contribution in [2.75, 3.05) is 42.9 Å². The molecule has 0 spiro atoms. The highest BCUT2D eigenvalue weighted by Gasteiger charge is 2.29. The highest BCUT2D eigenvalue weighted by molar-refractivity contribution is 8.01. The number of carbonyl (C=O) groups excluding carboxylic acids is 3. The number of hydrogen-bond donors (Lipinski definition) is 2. The van der Waals surface area contributed by atoms with Crippen LogP contribution in [0, 0.1) is 0 Å². The third kappa shape index (κ3) is 5.49. The Hall–Kier alpha value is -2.42. The molecular weight excluding hydrogens is 471 g/mol. The van der Waals surface area contributed by atoms with Gasteiger partial charge in [-0.1, -0.05) is 23.2 Å². The summed E-state index contributed by atoms with van der Waals surface area (Å²) < 4.78 is 0. The van der Waals surface area contributed by atoms with Gasteiger partial charge < -0.3 is 20.4 Å². The van der Waals surface area contributed by atoms with Crippen LogP contribution in [-0.4, -0.2) is 60.6 Å². The summed E-state index contributed by atoms with van der Waals surface area (Å²) in [6, 6.07) is 12.9. The number of thioether (sulfide) groups is 1. The number of halogens is 2. The summed E-state index contributed by atoms with van der Waals surface area (Å²) in [7, 11) is 0. The number of rotatable bonds is 5. The Labute approximate surface area is 200 Å². The zero-order chi connectivity index (χ0) is 22.7. The van der Waals surface area contributed by atoms with Crippen LogP contribution < -0.4 is 15.5 Å². The molecule has 3 amide bonds. The third-order valence-corrected chi connectivity index (χ3v) is 7.16. The summed E-state index contributed by atoms with van der Waals surface area (Å²) in [4.78, 5) is 42.0. The molecule has 1 atom stereocenters. The lowest BCUT2D eigenvalue weighted by molar-refractivity contribution is -0.133. The summed E-state index contributed by atoms with van der Waals surface area (Å²) in [6.45, 7) is 2.51. The van der Waals surface area contributed by atoms with Crippen LogP contribution in [0.4, 0.5) is 11.4 Å². The Morgan fingerprint density at radius 2 is 1.72 bits per heavy atom. The van der Waals surface area contributed by atoms with Crippen LogP contribution in [0.2, 0.25) is 10.0 Å². The fourth-order valence-electron chi connectivity index (χ4n) is 3.65. The molecule has 7 nitrogen and oxygen atoms in total. The van der Waals surface area contributed by atoms with Gasteiger partial charge in [0.2, 0.25) is 17.7 Å². The number of hydrogen-bond acceptors (Lipinski definition) is 5. The molecule has 4 rings (SSSR count). The first-order valence-electron chi connectivity index (χ1n) is 10.2. The fourth-order valence-corrected chi connectivity index (χ4v) is 5.04. The van der Waals surface area contributed by atoms with Crippen LogP contribution in [0.15, 0.2) is 47.4 Å². The number of nitrogens with one attached hydrogen (secondary N) is 2. The van der Waals surface area contributed by atoms with Crippen molar-refractivity contribution in [2.24, 2.45) is 0 Å². The van der Waals surface area contributed by atoms with E-state index in [-0.39, 0.29) is 30.7 Å². The summed E-state index contributed by atoms with van der Waals surface area (Å²) in [5, 5.41) is 6.11. The van der Waals surface area contributed by atoms with Crippen molar-refractivity contribution in [2.45, 2.75) is 16.6 Å². The molecule has 1 fully saturated rings. The van der Waals surface area contributed by atoms with E-state index in [0.29, 0.717) is 41.9 Å². The fraction of sp³-hybridized carbons (Fsp3) is 0.318. The molecule has 2 heterocycles. The minimum absolute atomic E-state index is 0.00378. The maximum absolute atomic E-state index is 12.5. The van der Waals surface area contributed by atoms with Gasteiger partial charge in [0, 0.05) is 53.2 Å². The van der Waals surface area contributed by atoms with E-state index in [1.54, 1.807) is 17.0 Å². The maximum atomic E-state index is 12.5. The molecule has 1 saturated heterocycles. The predicted octanol–water partition coefficient (Wildman–Crippen LogP) is 3.26. The highest BCUT2D eigenvalue weighted by atomic mass is 35.5. The van der Waals surface area contributed by atoms with E-state index >= 15 is 0 Å². The van der Waals surface area contributed by atoms with E-state index in [4.69, 9.17) is 23.2 Å². The van der Waals surface area contributed by atoms with Crippen LogP contribution in [-0.2, 0) is 14.4 Å². The molecule has 2 N–H and O–H groups in total. The van der Waals surface area contributed by atoms with Crippen LogP contribution in [0.25, 0.3) is 0 Å². The number of amides is 3. The molecular formula is C22H22Cl2N4O3S. The Morgan fingerprint density at radius 3 is 2.44 bits per heavy atom. The lowest BCUT2D eigenvalue weighted by Gasteiger charge is -2.36. The molecule has 2 aromatic rings. The molecule has 168 valence electrons. The van der Waals surface area contributed by atoms with Crippen molar-refractivity contribution < 1.29 is 14.4 Å². The SMILES string of the molecule is O=C(CC1Sc2ccc(Cl)cc2NC1=O)NCC(=O)N1CCN(c2ccc(Cl)cc2)CC1. The summed E-state index contributed by atoms with van der Waals surface area (Å²) in [5.74, 6) is -0.706. The Balaban J connectivity index is 1.22. The molecule has 0 aromatic heterocycles. The van der Waals surface area contributed by atoms with Gasteiger partial charge in [-0.05, 0) is 42.5 Å². The quantitative estimate of drug-likeness (QED) is 0.669. The highest BCUT2D eigenvalue weighted by Crippen LogP contribution is 2.38. The number of fused-ring (bicyclic) bond motifs is 1. The predicted molar refractivity (Wildman–Crippen MR) is 128 cm³/mol. The van der Waals surface area contributed by atoms with Gasteiger partial charge in [0.25, 0.3) is 0 Å². The first-order chi connectivity index (χ1) is 15.4. The van der Waals surface area contributed by atoms with Crippen molar-refractivity contribution in [3.63, 3.8) is 0 Å². The van der Waals surface area contributed by atoms with Crippen molar-refractivity contribution in [3.8, 4) is 0 Å². The van der Waals surface area contributed by atoms with E-state index in [1.165, 1.54) is 11.8 Å². The number of anilines is 2. The third-order valence-electron chi connectivity index (χ3n) is 5.39. The monoisotopic (exact) mass is 492 g/mol. The lowest BCUT2D eigenvalue weighted by atomic mass is 10.2. The van der Waals surface area contributed by atoms with Crippen LogP contribution in [0.5, 0.6) is 0 Å². The van der Waals surface area contributed by atoms with E-state index < -0.39 is 5.25 Å². The molecule has 0 aliphatic carbocycles. The van der Waals surface area contributed by atoms with E-state index in [9.17, 15) is 14.4 Å². The minimum Gasteiger partial charge on any atom is -0.368 e. The molecule has 2 aromatic carbocycles. The molecule has 0 saturated carbocycles. The largest absolute Gasteiger partial charge is 0.368 e. The van der Waals surface area contributed by atoms with Crippen molar-refractivity contribution >= 4 is 64.1 Å². The molecule has 2 aliphatic rings. The average molecular weight is 493 g/mol. The van der Waals surface area contributed by atoms with Gasteiger partial charge >= 0.3 is 0 Å². The number of nitrogens with zero attached hydrogens (tertiary/aromatic N) is 2. The zero-order valence-electron chi connectivity index (χ0n) is 17.1. The number of carbonyl (C=O) groups is 3. The number of benzene rings is 2. The van der Waals surface area contributed by atoms with Crippen LogP contribution in [0.1, 0.15) is 6.42 Å². The Bertz CT molecular complexity index is 1030. The Morgan fingerprint density at radius 1 is 1.03 bits per heavy atom. The van der Waals surface area contributed by atoms with Crippen molar-refractivity contribution in [1.29, 1.82) is 0 Å². The maximum Gasteiger partial charge on any atom is 0.242 e. The standard InChI is InChI=1S/C22H22Cl2N4O3S/c23-14-1-4-16(5-2-14)27-7-9-28(10-8-27)21(30)13-25-20(29)12-19-22(31)26-17-11-15(24)3-6-18(17)32-19/h1-6,11,19H,7-10,12-13H2,(H,25,29)(H,26,31). The van der Waals surface area contributed by atoms with Gasteiger partial charge in [-0.3, -0.25) is 14.4 Å². The van der Waals surface area contributed by atoms with Gasteiger partial charge in [0.15, 0.2) is 0 Å². The minimum atomic E-state index is -0.554. The molecule has 32 heavy (non-hydrogen) atoms. The second-order valence-corrected chi connectivity index (χ2v) is 9.68. The smallest absolute Gasteiger partial charge is 0.242 e. The first kappa shape index (κ1) is 22.8. The summed E-state index contributed by atoms with van der Waals surface area (Å²) >= 11 is 13.2. The first-order valence-corrected chi connectivity index (χ1v) is 11.8. The Kier molecular flexibility index (Phi) is 7.13. The van der Waals surface area contributed by atoms with Gasteiger partial charge in [0.1, 0.15) is 0 Å². The second-order valence-electron chi connectivity index (χ2n) is 7.56. The summed E-state index contributed by atoms with van der Waals surface area (Å²) in [5.41, 5.74) is 1.72. The molecule has 0 radical (unpaired) electrons. The van der Waals surface area contributed by atoms with E-state index in [2.05, 4.69) is 15.5 Å².